The molecule has 6 heteroatoms. The van der Waals surface area contributed by atoms with Gasteiger partial charge in [-0.2, -0.15) is 11.8 Å². The normalized spacial score (nSPS) is 23.0. The van der Waals surface area contributed by atoms with Crippen LogP contribution < -0.4 is 5.32 Å². The van der Waals surface area contributed by atoms with Gasteiger partial charge in [0.15, 0.2) is 0 Å². The number of nitro groups is 1. The van der Waals surface area contributed by atoms with Crippen LogP contribution in [0.3, 0.4) is 0 Å². The first-order valence-corrected chi connectivity index (χ1v) is 8.20. The molecular weight excluding hydrogens is 363 g/mol. The second-order valence-electron chi connectivity index (χ2n) is 4.44. The summed E-state index contributed by atoms with van der Waals surface area (Å²) in [5.74, 6) is 0. The topological polar surface area (TPSA) is 55.2 Å². The van der Waals surface area contributed by atoms with E-state index in [4.69, 9.17) is 0 Å². The lowest BCUT2D eigenvalue weighted by molar-refractivity contribution is -0.385. The Kier molecular flexibility index (Phi) is 4.71. The Hall–Kier alpha value is -0.500. The van der Waals surface area contributed by atoms with Crippen molar-refractivity contribution in [3.63, 3.8) is 0 Å². The molecule has 1 aromatic carbocycles. The van der Waals surface area contributed by atoms with Crippen LogP contribution in [0.2, 0.25) is 0 Å². The van der Waals surface area contributed by atoms with Crippen LogP contribution in [0.25, 0.3) is 0 Å². The maximum absolute atomic E-state index is 10.7. The maximum Gasteiger partial charge on any atom is 0.282 e. The summed E-state index contributed by atoms with van der Waals surface area (Å²) in [7, 11) is 0. The third kappa shape index (κ3) is 3.28. The van der Waals surface area contributed by atoms with Gasteiger partial charge in [-0.3, -0.25) is 10.1 Å². The number of nitro benzene ring substituents is 1. The lowest BCUT2D eigenvalue weighted by Crippen LogP contribution is -2.16. The summed E-state index contributed by atoms with van der Waals surface area (Å²) in [5, 5.41) is 15.0. The molecular formula is C12H15IN2O2S. The molecule has 0 bridgehead atoms. The van der Waals surface area contributed by atoms with Crippen LogP contribution in [0, 0.1) is 13.7 Å². The van der Waals surface area contributed by atoms with E-state index in [1.165, 1.54) is 19.3 Å². The van der Waals surface area contributed by atoms with Crippen molar-refractivity contribution < 1.29 is 4.92 Å². The summed E-state index contributed by atoms with van der Waals surface area (Å²) < 4.78 is 0.682. The largest absolute Gasteiger partial charge is 0.382 e. The van der Waals surface area contributed by atoms with Gasteiger partial charge < -0.3 is 5.32 Å². The first-order valence-electron chi connectivity index (χ1n) is 5.83. The van der Waals surface area contributed by atoms with E-state index in [2.05, 4.69) is 11.6 Å². The van der Waals surface area contributed by atoms with E-state index in [9.17, 15) is 10.1 Å². The van der Waals surface area contributed by atoms with Crippen molar-refractivity contribution in [1.82, 2.24) is 0 Å². The monoisotopic (exact) mass is 378 g/mol. The summed E-state index contributed by atoms with van der Waals surface area (Å²) in [6, 6.07) is 5.72. The third-order valence-electron chi connectivity index (χ3n) is 3.23. The highest BCUT2D eigenvalue weighted by Gasteiger charge is 2.24. The van der Waals surface area contributed by atoms with Crippen molar-refractivity contribution in [2.24, 2.45) is 0 Å². The molecule has 1 aliphatic rings. The molecule has 1 fully saturated rings. The number of nitrogens with zero attached hydrogens (tertiary/aromatic N) is 1. The van der Waals surface area contributed by atoms with Crippen LogP contribution >= 0.6 is 34.4 Å². The van der Waals surface area contributed by atoms with Gasteiger partial charge in [0, 0.05) is 23.0 Å². The van der Waals surface area contributed by atoms with E-state index in [0.29, 0.717) is 9.61 Å². The zero-order valence-corrected chi connectivity index (χ0v) is 13.0. The van der Waals surface area contributed by atoms with Gasteiger partial charge in [-0.05, 0) is 60.2 Å². The lowest BCUT2D eigenvalue weighted by atomic mass is 10.2. The summed E-state index contributed by atoms with van der Waals surface area (Å²) in [6.45, 7) is 0. The Morgan fingerprint density at radius 1 is 1.50 bits per heavy atom. The van der Waals surface area contributed by atoms with E-state index in [0.717, 1.165) is 10.9 Å². The van der Waals surface area contributed by atoms with Gasteiger partial charge in [0.05, 0.1) is 8.49 Å². The molecule has 0 aromatic heterocycles. The Bertz CT molecular complexity index is 456. The Morgan fingerprint density at radius 2 is 2.28 bits per heavy atom. The number of anilines is 1. The van der Waals surface area contributed by atoms with E-state index in [1.54, 1.807) is 12.1 Å². The fraction of sp³-hybridized carbons (Fsp3) is 0.500. The average Bonchev–Trinajstić information content (AvgIpc) is 2.76. The number of nitrogens with one attached hydrogen (secondary N) is 1. The fourth-order valence-electron chi connectivity index (χ4n) is 2.27. The van der Waals surface area contributed by atoms with Crippen LogP contribution in [0.15, 0.2) is 18.2 Å². The molecule has 2 atom stereocenters. The van der Waals surface area contributed by atoms with Gasteiger partial charge in [-0.25, -0.2) is 0 Å². The standard InChI is InChI=1S/C12H15IN2O2S/c1-18-10-4-2-8(6-10)14-9-3-5-12(15(16)17)11(13)7-9/h3,5,7-8,10,14H,2,4,6H2,1H3. The molecule has 2 rings (SSSR count). The van der Waals surface area contributed by atoms with Crippen LogP contribution in [-0.4, -0.2) is 22.5 Å². The number of rotatable bonds is 4. The van der Waals surface area contributed by atoms with Crippen molar-refractivity contribution in [3.8, 4) is 0 Å². The number of benzene rings is 1. The molecule has 0 aliphatic heterocycles. The number of hydrogen-bond acceptors (Lipinski definition) is 4. The highest BCUT2D eigenvalue weighted by atomic mass is 127. The summed E-state index contributed by atoms with van der Waals surface area (Å²) in [6.07, 6.45) is 5.76. The molecule has 0 amide bonds. The number of halogens is 1. The molecule has 0 spiro atoms. The van der Waals surface area contributed by atoms with Gasteiger partial charge in [-0.1, -0.05) is 0 Å². The SMILES string of the molecule is CSC1CCC(Nc2ccc([N+](=O)[O-])c(I)c2)C1. The van der Waals surface area contributed by atoms with Gasteiger partial charge >= 0.3 is 0 Å². The fourth-order valence-corrected chi connectivity index (χ4v) is 3.77. The van der Waals surface area contributed by atoms with Crippen molar-refractivity contribution in [2.75, 3.05) is 11.6 Å². The minimum absolute atomic E-state index is 0.176. The number of hydrogen-bond donors (Lipinski definition) is 1. The summed E-state index contributed by atoms with van der Waals surface area (Å²) in [5.41, 5.74) is 1.16. The zero-order valence-electron chi connectivity index (χ0n) is 10.1. The minimum atomic E-state index is -0.342. The van der Waals surface area contributed by atoms with Gasteiger partial charge in [0.2, 0.25) is 0 Å². The molecule has 0 radical (unpaired) electrons. The van der Waals surface area contributed by atoms with Crippen LogP contribution in [0.1, 0.15) is 19.3 Å². The first-order chi connectivity index (χ1) is 8.60. The van der Waals surface area contributed by atoms with Crippen molar-refractivity contribution in [3.05, 3.63) is 31.9 Å². The summed E-state index contributed by atoms with van der Waals surface area (Å²) >= 11 is 3.94. The molecule has 1 N–H and O–H groups in total. The lowest BCUT2D eigenvalue weighted by Gasteiger charge is -2.14. The predicted molar refractivity (Wildman–Crippen MR) is 84.4 cm³/mol. The van der Waals surface area contributed by atoms with Crippen LogP contribution in [0.5, 0.6) is 0 Å². The maximum atomic E-state index is 10.7. The van der Waals surface area contributed by atoms with Gasteiger partial charge in [-0.15, -0.1) is 0 Å². The molecule has 4 nitrogen and oxygen atoms in total. The zero-order chi connectivity index (χ0) is 13.1. The molecule has 1 saturated carbocycles. The molecule has 98 valence electrons. The average molecular weight is 378 g/mol. The van der Waals surface area contributed by atoms with Crippen molar-refractivity contribution >= 4 is 45.7 Å². The Balaban J connectivity index is 2.02. The van der Waals surface area contributed by atoms with Gasteiger partial charge in [0.25, 0.3) is 5.69 Å². The smallest absolute Gasteiger partial charge is 0.282 e. The molecule has 0 heterocycles. The molecule has 1 aromatic rings. The van der Waals surface area contributed by atoms with Gasteiger partial charge in [0.1, 0.15) is 0 Å². The van der Waals surface area contributed by atoms with Crippen molar-refractivity contribution in [2.45, 2.75) is 30.6 Å². The molecule has 1 aliphatic carbocycles. The second-order valence-corrected chi connectivity index (χ2v) is 6.74. The third-order valence-corrected chi connectivity index (χ3v) is 5.19. The molecule has 18 heavy (non-hydrogen) atoms. The molecule has 2 unspecified atom stereocenters. The van der Waals surface area contributed by atoms with E-state index >= 15 is 0 Å². The Morgan fingerprint density at radius 3 is 2.83 bits per heavy atom. The van der Waals surface area contributed by atoms with E-state index < -0.39 is 0 Å². The summed E-state index contributed by atoms with van der Waals surface area (Å²) in [4.78, 5) is 10.4. The highest BCUT2D eigenvalue weighted by Crippen LogP contribution is 2.31. The van der Waals surface area contributed by atoms with Crippen LogP contribution in [-0.2, 0) is 0 Å². The highest BCUT2D eigenvalue weighted by molar-refractivity contribution is 14.1. The van der Waals surface area contributed by atoms with Crippen molar-refractivity contribution in [1.29, 1.82) is 0 Å². The molecule has 0 saturated heterocycles. The Labute approximate surface area is 124 Å². The predicted octanol–water partition coefficient (Wildman–Crippen LogP) is 3.90. The van der Waals surface area contributed by atoms with Crippen LogP contribution in [0.4, 0.5) is 11.4 Å². The minimum Gasteiger partial charge on any atom is -0.382 e. The first kappa shape index (κ1) is 13.9. The quantitative estimate of drug-likeness (QED) is 0.491. The van der Waals surface area contributed by atoms with E-state index in [-0.39, 0.29) is 10.6 Å². The second kappa shape index (κ2) is 6.10. The number of thioether (sulfide) groups is 1. The van der Waals surface area contributed by atoms with E-state index in [1.807, 2.05) is 40.4 Å².